The molecule has 5 rings (SSSR count). The summed E-state index contributed by atoms with van der Waals surface area (Å²) in [5.74, 6) is 4.06. The number of nitrogens with zero attached hydrogens (tertiary/aromatic N) is 4. The van der Waals surface area contributed by atoms with Crippen LogP contribution in [0, 0.1) is 11.8 Å². The molecule has 8 heteroatoms. The molecule has 3 aromatic rings. The van der Waals surface area contributed by atoms with Crippen LogP contribution in [0.1, 0.15) is 50.4 Å². The molecule has 0 spiro atoms. The van der Waals surface area contributed by atoms with Gasteiger partial charge >= 0.3 is 6.03 Å². The van der Waals surface area contributed by atoms with Crippen molar-refractivity contribution in [3.8, 4) is 5.75 Å². The number of hydrogen-bond donors (Lipinski definition) is 1. The first-order chi connectivity index (χ1) is 17.4. The summed E-state index contributed by atoms with van der Waals surface area (Å²) < 4.78 is 5.49. The number of rotatable bonds is 6. The summed E-state index contributed by atoms with van der Waals surface area (Å²) in [7, 11) is 0. The summed E-state index contributed by atoms with van der Waals surface area (Å²) >= 11 is 1.87. The van der Waals surface area contributed by atoms with Crippen LogP contribution in [0.3, 0.4) is 0 Å². The minimum atomic E-state index is -0.0611. The maximum atomic E-state index is 12.9. The number of urea groups is 1. The van der Waals surface area contributed by atoms with E-state index in [4.69, 9.17) is 14.7 Å². The fourth-order valence-electron chi connectivity index (χ4n) is 5.18. The van der Waals surface area contributed by atoms with Crippen LogP contribution in [0.2, 0.25) is 0 Å². The number of carbonyl (C=O) groups excluding carboxylic acids is 1. The van der Waals surface area contributed by atoms with Gasteiger partial charge in [-0.1, -0.05) is 20.8 Å². The zero-order valence-electron chi connectivity index (χ0n) is 21.8. The Bertz CT molecular complexity index is 1210. The van der Waals surface area contributed by atoms with Gasteiger partial charge in [-0.3, -0.25) is 0 Å². The van der Waals surface area contributed by atoms with Crippen molar-refractivity contribution < 1.29 is 9.53 Å². The lowest BCUT2D eigenvalue weighted by molar-refractivity contribution is 0.208. The molecule has 3 heterocycles. The second-order valence-electron chi connectivity index (χ2n) is 10.5. The van der Waals surface area contributed by atoms with Gasteiger partial charge in [-0.25, -0.2) is 14.8 Å². The number of benzene rings is 1. The Morgan fingerprint density at radius 3 is 2.61 bits per heavy atom. The van der Waals surface area contributed by atoms with Gasteiger partial charge in [-0.2, -0.15) is 0 Å². The lowest BCUT2D eigenvalue weighted by Crippen LogP contribution is -2.50. The van der Waals surface area contributed by atoms with Gasteiger partial charge in [0.1, 0.15) is 22.2 Å². The average Bonchev–Trinajstić information content (AvgIpc) is 3.22. The Morgan fingerprint density at radius 2 is 1.92 bits per heavy atom. The molecule has 2 amide bonds. The van der Waals surface area contributed by atoms with Crippen LogP contribution in [0.25, 0.3) is 10.2 Å². The summed E-state index contributed by atoms with van der Waals surface area (Å²) in [6.45, 7) is 12.2. The minimum Gasteiger partial charge on any atom is -0.494 e. The Morgan fingerprint density at radius 1 is 1.17 bits per heavy atom. The van der Waals surface area contributed by atoms with Gasteiger partial charge in [-0.05, 0) is 67.9 Å². The molecule has 1 atom stereocenters. The third kappa shape index (κ3) is 5.28. The van der Waals surface area contributed by atoms with E-state index in [9.17, 15) is 4.79 Å². The van der Waals surface area contributed by atoms with Crippen LogP contribution in [-0.2, 0) is 19.3 Å². The van der Waals surface area contributed by atoms with E-state index in [0.29, 0.717) is 25.6 Å². The Balaban J connectivity index is 1.32. The predicted octanol–water partition coefficient (Wildman–Crippen LogP) is 5.77. The SMILES string of the molecule is CCOc1ccc(NC(=O)N2CCN(c3nc(CC(C)C)nc4sc5c(c34)CCC(C)C5)CC2)cc1. The second-order valence-corrected chi connectivity index (χ2v) is 11.5. The molecule has 1 aliphatic carbocycles. The van der Waals surface area contributed by atoms with Crippen molar-refractivity contribution in [1.82, 2.24) is 14.9 Å². The molecule has 0 saturated carbocycles. The highest BCUT2D eigenvalue weighted by Gasteiger charge is 2.28. The first-order valence-electron chi connectivity index (χ1n) is 13.3. The number of thiophene rings is 1. The summed E-state index contributed by atoms with van der Waals surface area (Å²) in [4.78, 5) is 30.0. The van der Waals surface area contributed by atoms with Gasteiger partial charge in [0.05, 0.1) is 12.0 Å². The van der Waals surface area contributed by atoms with E-state index >= 15 is 0 Å². The van der Waals surface area contributed by atoms with Gasteiger partial charge < -0.3 is 19.9 Å². The zero-order chi connectivity index (χ0) is 25.2. The van der Waals surface area contributed by atoms with Gasteiger partial charge in [0.25, 0.3) is 0 Å². The maximum absolute atomic E-state index is 12.9. The third-order valence-corrected chi connectivity index (χ3v) is 8.20. The van der Waals surface area contributed by atoms with E-state index in [2.05, 4.69) is 31.0 Å². The largest absolute Gasteiger partial charge is 0.494 e. The molecule has 1 unspecified atom stereocenters. The molecule has 2 aliphatic rings. The van der Waals surface area contributed by atoms with E-state index < -0.39 is 0 Å². The zero-order valence-corrected chi connectivity index (χ0v) is 22.7. The van der Waals surface area contributed by atoms with Crippen LogP contribution in [0.5, 0.6) is 5.75 Å². The number of carbonyl (C=O) groups is 1. The van der Waals surface area contributed by atoms with Crippen LogP contribution in [0.4, 0.5) is 16.3 Å². The molecular formula is C28H37N5O2S. The van der Waals surface area contributed by atoms with E-state index in [1.54, 1.807) is 0 Å². The van der Waals surface area contributed by atoms with Crippen LogP contribution in [-0.4, -0.2) is 53.7 Å². The molecule has 1 aliphatic heterocycles. The number of ether oxygens (including phenoxy) is 1. The summed E-state index contributed by atoms with van der Waals surface area (Å²) in [5, 5.41) is 4.29. The topological polar surface area (TPSA) is 70.6 Å². The van der Waals surface area contributed by atoms with Gasteiger partial charge in [0.2, 0.25) is 0 Å². The maximum Gasteiger partial charge on any atom is 0.321 e. The van der Waals surface area contributed by atoms with E-state index in [0.717, 1.165) is 66.2 Å². The molecule has 0 bridgehead atoms. The number of nitrogens with one attached hydrogen (secondary N) is 1. The monoisotopic (exact) mass is 507 g/mol. The average molecular weight is 508 g/mol. The van der Waals surface area contributed by atoms with Crippen LogP contribution < -0.4 is 15.0 Å². The molecule has 1 aromatic carbocycles. The van der Waals surface area contributed by atoms with Crippen LogP contribution >= 0.6 is 11.3 Å². The fourth-order valence-corrected chi connectivity index (χ4v) is 6.57. The number of aryl methyl sites for hydroxylation is 1. The Labute approximate surface area is 217 Å². The fraction of sp³-hybridized carbons (Fsp3) is 0.536. The normalized spacial score (nSPS) is 18.0. The van der Waals surface area contributed by atoms with Gasteiger partial charge in [0.15, 0.2) is 0 Å². The Hall–Kier alpha value is -2.87. The number of amides is 2. The molecule has 0 radical (unpaired) electrons. The quantitative estimate of drug-likeness (QED) is 0.459. The molecule has 36 heavy (non-hydrogen) atoms. The third-order valence-electron chi connectivity index (χ3n) is 7.06. The number of piperazine rings is 1. The molecule has 1 saturated heterocycles. The van der Waals surface area contributed by atoms with Crippen molar-refractivity contribution in [2.45, 2.75) is 53.4 Å². The van der Waals surface area contributed by atoms with E-state index in [-0.39, 0.29) is 6.03 Å². The molecule has 7 nitrogen and oxygen atoms in total. The highest BCUT2D eigenvalue weighted by molar-refractivity contribution is 7.19. The second kappa shape index (κ2) is 10.6. The van der Waals surface area contributed by atoms with Crippen molar-refractivity contribution in [3.63, 3.8) is 0 Å². The number of aromatic nitrogens is 2. The smallest absolute Gasteiger partial charge is 0.321 e. The summed E-state index contributed by atoms with van der Waals surface area (Å²) in [6, 6.07) is 7.47. The molecule has 1 fully saturated rings. The Kier molecular flexibility index (Phi) is 7.32. The predicted molar refractivity (Wildman–Crippen MR) is 148 cm³/mol. The molecular weight excluding hydrogens is 470 g/mol. The molecule has 2 aromatic heterocycles. The lowest BCUT2D eigenvalue weighted by Gasteiger charge is -2.36. The highest BCUT2D eigenvalue weighted by Crippen LogP contribution is 2.41. The minimum absolute atomic E-state index is 0.0611. The first-order valence-corrected chi connectivity index (χ1v) is 14.1. The van der Waals surface area contributed by atoms with Crippen molar-refractivity contribution >= 4 is 39.1 Å². The van der Waals surface area contributed by atoms with Gasteiger partial charge in [0, 0.05) is 43.2 Å². The van der Waals surface area contributed by atoms with Crippen LogP contribution in [0.15, 0.2) is 24.3 Å². The standard InChI is InChI=1S/C28H37N5O2S/c1-5-35-21-9-7-20(8-10-21)29-28(34)33-14-12-32(13-15-33)26-25-22-11-6-19(4)17-23(22)36-27(25)31-24(30-26)16-18(2)3/h7-10,18-19H,5-6,11-17H2,1-4H3,(H,29,34). The van der Waals surface area contributed by atoms with E-state index in [1.807, 2.05) is 47.4 Å². The number of hydrogen-bond acceptors (Lipinski definition) is 6. The van der Waals surface area contributed by atoms with Crippen molar-refractivity contribution in [2.24, 2.45) is 11.8 Å². The van der Waals surface area contributed by atoms with Crippen molar-refractivity contribution in [2.75, 3.05) is 43.0 Å². The molecule has 192 valence electrons. The van der Waals surface area contributed by atoms with Crippen molar-refractivity contribution in [3.05, 3.63) is 40.5 Å². The first kappa shape index (κ1) is 24.8. The molecule has 1 N–H and O–H groups in total. The van der Waals surface area contributed by atoms with E-state index in [1.165, 1.54) is 22.2 Å². The number of anilines is 2. The summed E-state index contributed by atoms with van der Waals surface area (Å²) in [5.41, 5.74) is 2.25. The summed E-state index contributed by atoms with van der Waals surface area (Å²) in [6.07, 6.45) is 4.37. The van der Waals surface area contributed by atoms with Crippen molar-refractivity contribution in [1.29, 1.82) is 0 Å². The number of fused-ring (bicyclic) bond motifs is 3. The van der Waals surface area contributed by atoms with Gasteiger partial charge in [-0.15, -0.1) is 11.3 Å². The lowest BCUT2D eigenvalue weighted by atomic mass is 9.89. The highest BCUT2D eigenvalue weighted by atomic mass is 32.1.